The van der Waals surface area contributed by atoms with Crippen LogP contribution in [0.2, 0.25) is 39.3 Å². The second kappa shape index (κ2) is 8.17. The molecule has 0 amide bonds. The Morgan fingerprint density at radius 1 is 0.412 bits per heavy atom. The van der Waals surface area contributed by atoms with Crippen molar-refractivity contribution in [2.75, 3.05) is 0 Å². The Balaban J connectivity index is 1.76. The topological polar surface area (TPSA) is 0 Å². The lowest BCUT2D eigenvalue weighted by Crippen LogP contribution is -2.16. The Bertz CT molecular complexity index is 1590. The second-order valence-corrected chi connectivity index (χ2v) is 20.8. The van der Waals surface area contributed by atoms with E-state index >= 15 is 0 Å². The van der Waals surface area contributed by atoms with Gasteiger partial charge in [-0.25, -0.2) is 0 Å². The van der Waals surface area contributed by atoms with E-state index in [0.717, 1.165) is 11.1 Å². The lowest BCUT2D eigenvalue weighted by molar-refractivity contribution is 1.64. The largest absolute Gasteiger partial charge is 0.129 e. The molecule has 0 nitrogen and oxygen atoms in total. The van der Waals surface area contributed by atoms with Crippen LogP contribution in [0.5, 0.6) is 0 Å². The lowest BCUT2D eigenvalue weighted by atomic mass is 9.95. The van der Waals surface area contributed by atoms with Crippen LogP contribution in [-0.4, -0.2) is 16.1 Å². The van der Waals surface area contributed by atoms with Crippen molar-refractivity contribution < 1.29 is 0 Å². The quantitative estimate of drug-likeness (QED) is 0.120. The highest BCUT2D eigenvalue weighted by molar-refractivity contribution is 6.84. The summed E-state index contributed by atoms with van der Waals surface area (Å²) in [6.07, 6.45) is 0. The average Bonchev–Trinajstić information content (AvgIpc) is 2.76. The van der Waals surface area contributed by atoms with Gasteiger partial charge in [0.05, 0.1) is 0 Å². The first-order chi connectivity index (χ1) is 16.0. The number of benzene rings is 5. The summed E-state index contributed by atoms with van der Waals surface area (Å²) in [5.74, 6) is 7.01. The normalized spacial score (nSPS) is 11.9. The first kappa shape index (κ1) is 22.5. The fourth-order valence-electron chi connectivity index (χ4n) is 4.21. The molecule has 0 aliphatic carbocycles. The number of rotatable bonds is 0. The van der Waals surface area contributed by atoms with Crippen LogP contribution in [0.3, 0.4) is 0 Å². The van der Waals surface area contributed by atoms with Crippen molar-refractivity contribution >= 4 is 59.2 Å². The Morgan fingerprint density at radius 2 is 0.706 bits per heavy atom. The van der Waals surface area contributed by atoms with Gasteiger partial charge in [-0.15, -0.1) is 11.1 Å². The average molecular weight is 471 g/mol. The van der Waals surface area contributed by atoms with Crippen LogP contribution < -0.4 is 0 Å². The SMILES string of the molecule is C[Si](C)(C)C#Cc1cc2cc3cc4cc5ccccc5cc4cc3cc2cc1C#C[Si](C)(C)C. The molecule has 0 bridgehead atoms. The van der Waals surface area contributed by atoms with Crippen molar-refractivity contribution in [1.29, 1.82) is 0 Å². The second-order valence-electron chi connectivity index (χ2n) is 11.3. The summed E-state index contributed by atoms with van der Waals surface area (Å²) in [4.78, 5) is 0. The van der Waals surface area contributed by atoms with Gasteiger partial charge in [-0.2, -0.15) is 0 Å². The first-order valence-electron chi connectivity index (χ1n) is 11.9. The van der Waals surface area contributed by atoms with Crippen molar-refractivity contribution in [3.63, 3.8) is 0 Å². The molecule has 5 rings (SSSR count). The molecule has 0 heterocycles. The molecule has 0 atom stereocenters. The maximum absolute atomic E-state index is 3.55. The molecule has 0 aliphatic heterocycles. The van der Waals surface area contributed by atoms with E-state index in [-0.39, 0.29) is 0 Å². The molecule has 5 aromatic carbocycles. The lowest BCUT2D eigenvalue weighted by Gasteiger charge is -2.10. The summed E-state index contributed by atoms with van der Waals surface area (Å²) in [5, 5.41) is 10.1. The Hall–Kier alpha value is -3.31. The zero-order valence-corrected chi connectivity index (χ0v) is 22.9. The van der Waals surface area contributed by atoms with Crippen LogP contribution in [0.25, 0.3) is 43.1 Å². The van der Waals surface area contributed by atoms with E-state index in [4.69, 9.17) is 0 Å². The van der Waals surface area contributed by atoms with Gasteiger partial charge in [-0.05, 0) is 91.6 Å². The summed E-state index contributed by atoms with van der Waals surface area (Å²) in [7, 11) is -2.97. The Morgan fingerprint density at radius 3 is 1.03 bits per heavy atom. The molecule has 0 saturated heterocycles. The minimum atomic E-state index is -1.49. The van der Waals surface area contributed by atoms with Crippen LogP contribution in [0.15, 0.2) is 72.8 Å². The molecule has 0 N–H and O–H groups in total. The molecule has 0 spiro atoms. The van der Waals surface area contributed by atoms with E-state index in [1.807, 2.05) is 0 Å². The fraction of sp³-hybridized carbons (Fsp3) is 0.188. The monoisotopic (exact) mass is 470 g/mol. The molecule has 0 saturated carbocycles. The van der Waals surface area contributed by atoms with E-state index in [0.29, 0.717) is 0 Å². The van der Waals surface area contributed by atoms with E-state index < -0.39 is 16.1 Å². The first-order valence-corrected chi connectivity index (χ1v) is 18.9. The molecule has 34 heavy (non-hydrogen) atoms. The highest BCUT2D eigenvalue weighted by atomic mass is 28.3. The zero-order chi connectivity index (χ0) is 24.1. The van der Waals surface area contributed by atoms with Crippen molar-refractivity contribution in [3.8, 4) is 22.9 Å². The fourth-order valence-corrected chi connectivity index (χ4v) is 5.23. The highest BCUT2D eigenvalue weighted by Gasteiger charge is 2.11. The van der Waals surface area contributed by atoms with Crippen molar-refractivity contribution in [1.82, 2.24) is 0 Å². The van der Waals surface area contributed by atoms with Crippen molar-refractivity contribution in [3.05, 3.63) is 83.9 Å². The molecule has 5 aromatic rings. The molecule has 0 aromatic heterocycles. The minimum Gasteiger partial charge on any atom is -0.127 e. The van der Waals surface area contributed by atoms with Gasteiger partial charge >= 0.3 is 0 Å². The maximum Gasteiger partial charge on any atom is 0.129 e. The summed E-state index contributed by atoms with van der Waals surface area (Å²) in [6, 6.07) is 27.0. The molecule has 166 valence electrons. The predicted molar refractivity (Wildman–Crippen MR) is 157 cm³/mol. The van der Waals surface area contributed by atoms with Crippen LogP contribution in [0.1, 0.15) is 11.1 Å². The molecule has 2 heteroatoms. The van der Waals surface area contributed by atoms with E-state index in [1.165, 1.54) is 43.1 Å². The third-order valence-corrected chi connectivity index (χ3v) is 7.65. The molecule has 0 aliphatic rings. The van der Waals surface area contributed by atoms with Crippen LogP contribution in [0, 0.1) is 22.9 Å². The van der Waals surface area contributed by atoms with Gasteiger partial charge < -0.3 is 0 Å². The third-order valence-electron chi connectivity index (χ3n) is 5.90. The number of hydrogen-bond acceptors (Lipinski definition) is 0. The molecule has 0 radical (unpaired) electrons. The van der Waals surface area contributed by atoms with E-state index in [2.05, 4.69) is 135 Å². The van der Waals surface area contributed by atoms with Gasteiger partial charge in [0.25, 0.3) is 0 Å². The van der Waals surface area contributed by atoms with Gasteiger partial charge in [0.15, 0.2) is 0 Å². The predicted octanol–water partition coefficient (Wildman–Crippen LogP) is 8.76. The Labute approximate surface area is 205 Å². The van der Waals surface area contributed by atoms with Gasteiger partial charge in [0.2, 0.25) is 0 Å². The molecule has 0 fully saturated rings. The van der Waals surface area contributed by atoms with Crippen molar-refractivity contribution in [2.24, 2.45) is 0 Å². The smallest absolute Gasteiger partial charge is 0.127 e. The van der Waals surface area contributed by atoms with Crippen LogP contribution in [-0.2, 0) is 0 Å². The van der Waals surface area contributed by atoms with Gasteiger partial charge in [-0.3, -0.25) is 0 Å². The summed E-state index contributed by atoms with van der Waals surface area (Å²) in [6.45, 7) is 13.7. The van der Waals surface area contributed by atoms with Crippen molar-refractivity contribution in [2.45, 2.75) is 39.3 Å². The van der Waals surface area contributed by atoms with Gasteiger partial charge in [0, 0.05) is 11.1 Å². The number of hydrogen-bond donors (Lipinski definition) is 0. The van der Waals surface area contributed by atoms with Gasteiger partial charge in [-0.1, -0.05) is 75.4 Å². The van der Waals surface area contributed by atoms with E-state index in [9.17, 15) is 0 Å². The van der Waals surface area contributed by atoms with Crippen LogP contribution >= 0.6 is 0 Å². The molecular weight excluding hydrogens is 441 g/mol. The summed E-state index contributed by atoms with van der Waals surface area (Å²) in [5.41, 5.74) is 9.23. The standard InChI is InChI=1S/C32H30Si2/c1-33(2,3)13-11-25-17-29-21-31-19-27-15-23-9-7-8-10-24(23)16-28(27)20-32(31)22-30(29)18-26(25)12-14-34(4,5)6/h7-10,15-22H,1-6H3. The molecule has 0 unspecified atom stereocenters. The van der Waals surface area contributed by atoms with Crippen LogP contribution in [0.4, 0.5) is 0 Å². The number of fused-ring (bicyclic) bond motifs is 4. The summed E-state index contributed by atoms with van der Waals surface area (Å²) < 4.78 is 0. The summed E-state index contributed by atoms with van der Waals surface area (Å²) >= 11 is 0. The maximum atomic E-state index is 3.55. The highest BCUT2D eigenvalue weighted by Crippen LogP contribution is 2.31. The zero-order valence-electron chi connectivity index (χ0n) is 20.9. The molecular formula is C32H30Si2. The Kier molecular flexibility index (Phi) is 5.40. The van der Waals surface area contributed by atoms with E-state index in [1.54, 1.807) is 0 Å². The third kappa shape index (κ3) is 4.80. The van der Waals surface area contributed by atoms with Gasteiger partial charge in [0.1, 0.15) is 16.1 Å². The minimum absolute atomic E-state index is 1.06.